The van der Waals surface area contributed by atoms with Crippen LogP contribution < -0.4 is 10.2 Å². The largest absolute Gasteiger partial charge is 0.378 e. The number of benzene rings is 1. The van der Waals surface area contributed by atoms with Crippen LogP contribution in [0.15, 0.2) is 48.7 Å². The zero-order valence-electron chi connectivity index (χ0n) is 14.4. The van der Waals surface area contributed by atoms with Crippen LogP contribution in [-0.2, 0) is 11.3 Å². The predicted octanol–water partition coefficient (Wildman–Crippen LogP) is 3.20. The fourth-order valence-electron chi connectivity index (χ4n) is 3.12. The van der Waals surface area contributed by atoms with Gasteiger partial charge in [-0.05, 0) is 30.5 Å². The highest BCUT2D eigenvalue weighted by Crippen LogP contribution is 2.19. The molecule has 2 heterocycles. The molecule has 4 heteroatoms. The average Bonchev–Trinajstić information content (AvgIpc) is 2.67. The highest BCUT2D eigenvalue weighted by Gasteiger charge is 2.15. The van der Waals surface area contributed by atoms with Gasteiger partial charge in [0, 0.05) is 31.4 Å². The number of pyridine rings is 1. The summed E-state index contributed by atoms with van der Waals surface area (Å²) in [4.78, 5) is 6.92. The van der Waals surface area contributed by atoms with Crippen molar-refractivity contribution in [2.24, 2.45) is 0 Å². The van der Waals surface area contributed by atoms with E-state index in [1.165, 1.54) is 11.1 Å². The monoisotopic (exact) mass is 325 g/mol. The van der Waals surface area contributed by atoms with Crippen LogP contribution in [0.25, 0.3) is 0 Å². The highest BCUT2D eigenvalue weighted by molar-refractivity contribution is 5.47. The molecule has 128 valence electrons. The summed E-state index contributed by atoms with van der Waals surface area (Å²) in [6.45, 7) is 7.59. The van der Waals surface area contributed by atoms with Crippen LogP contribution in [-0.4, -0.2) is 37.8 Å². The van der Waals surface area contributed by atoms with Gasteiger partial charge in [-0.25, -0.2) is 4.98 Å². The van der Waals surface area contributed by atoms with Gasteiger partial charge in [-0.15, -0.1) is 0 Å². The van der Waals surface area contributed by atoms with Crippen molar-refractivity contribution in [1.82, 2.24) is 10.3 Å². The molecule has 0 bridgehead atoms. The topological polar surface area (TPSA) is 37.4 Å². The Labute approximate surface area is 144 Å². The number of morpholine rings is 1. The quantitative estimate of drug-likeness (QED) is 0.793. The minimum atomic E-state index is 0.575. The number of hydrogen-bond donors (Lipinski definition) is 1. The molecule has 1 aromatic carbocycles. The molecule has 1 aliphatic rings. The average molecular weight is 325 g/mol. The van der Waals surface area contributed by atoms with Gasteiger partial charge in [0.2, 0.25) is 0 Å². The summed E-state index contributed by atoms with van der Waals surface area (Å²) in [5.74, 6) is 1.68. The van der Waals surface area contributed by atoms with Gasteiger partial charge in [0.1, 0.15) is 5.82 Å². The van der Waals surface area contributed by atoms with Crippen LogP contribution in [0.1, 0.15) is 30.4 Å². The Morgan fingerprint density at radius 1 is 1.12 bits per heavy atom. The minimum absolute atomic E-state index is 0.575. The third kappa shape index (κ3) is 4.56. The third-order valence-electron chi connectivity index (χ3n) is 4.62. The summed E-state index contributed by atoms with van der Waals surface area (Å²) in [6.07, 6.45) is 3.02. The Morgan fingerprint density at radius 3 is 2.71 bits per heavy atom. The summed E-state index contributed by atoms with van der Waals surface area (Å²) in [5, 5.41) is 3.58. The van der Waals surface area contributed by atoms with Crippen molar-refractivity contribution in [2.75, 3.05) is 37.7 Å². The van der Waals surface area contributed by atoms with Crippen molar-refractivity contribution in [3.8, 4) is 0 Å². The number of aromatic nitrogens is 1. The molecule has 1 atom stereocenters. The molecule has 1 fully saturated rings. The lowest BCUT2D eigenvalue weighted by molar-refractivity contribution is 0.122. The molecule has 0 aliphatic carbocycles. The molecule has 3 rings (SSSR count). The summed E-state index contributed by atoms with van der Waals surface area (Å²) in [6, 6.07) is 14.9. The predicted molar refractivity (Wildman–Crippen MR) is 98.4 cm³/mol. The van der Waals surface area contributed by atoms with Crippen molar-refractivity contribution in [1.29, 1.82) is 0 Å². The highest BCUT2D eigenvalue weighted by atomic mass is 16.5. The summed E-state index contributed by atoms with van der Waals surface area (Å²) < 4.78 is 5.44. The standard InChI is InChI=1S/C20H27N3O/c1-17(18-6-3-2-4-7-18)9-11-21-16-19-8-5-10-22-20(19)23-12-14-24-15-13-23/h2-8,10,17,21H,9,11-16H2,1H3. The number of hydrogen-bond acceptors (Lipinski definition) is 4. The molecule has 1 saturated heterocycles. The maximum Gasteiger partial charge on any atom is 0.133 e. The summed E-state index contributed by atoms with van der Waals surface area (Å²) in [7, 11) is 0. The van der Waals surface area contributed by atoms with E-state index < -0.39 is 0 Å². The molecule has 24 heavy (non-hydrogen) atoms. The first-order chi connectivity index (χ1) is 11.8. The fourth-order valence-corrected chi connectivity index (χ4v) is 3.12. The molecule has 1 N–H and O–H groups in total. The molecular formula is C20H27N3O. The van der Waals surface area contributed by atoms with Gasteiger partial charge in [0.05, 0.1) is 13.2 Å². The Morgan fingerprint density at radius 2 is 1.92 bits per heavy atom. The molecule has 1 aromatic heterocycles. The van der Waals surface area contributed by atoms with E-state index in [9.17, 15) is 0 Å². The van der Waals surface area contributed by atoms with Crippen LogP contribution in [0.4, 0.5) is 5.82 Å². The number of anilines is 1. The van der Waals surface area contributed by atoms with E-state index in [1.54, 1.807) is 0 Å². The summed E-state index contributed by atoms with van der Waals surface area (Å²) in [5.41, 5.74) is 2.68. The SMILES string of the molecule is CC(CCNCc1cccnc1N1CCOCC1)c1ccccc1. The lowest BCUT2D eigenvalue weighted by Crippen LogP contribution is -2.37. The fraction of sp³-hybridized carbons (Fsp3) is 0.450. The van der Waals surface area contributed by atoms with Crippen molar-refractivity contribution < 1.29 is 4.74 Å². The maximum absolute atomic E-state index is 5.44. The van der Waals surface area contributed by atoms with E-state index in [-0.39, 0.29) is 0 Å². The zero-order chi connectivity index (χ0) is 16.6. The first-order valence-corrected chi connectivity index (χ1v) is 8.87. The van der Waals surface area contributed by atoms with Crippen molar-refractivity contribution in [3.63, 3.8) is 0 Å². The van der Waals surface area contributed by atoms with Crippen molar-refractivity contribution in [2.45, 2.75) is 25.8 Å². The van der Waals surface area contributed by atoms with Gasteiger partial charge in [-0.2, -0.15) is 0 Å². The summed E-state index contributed by atoms with van der Waals surface area (Å²) >= 11 is 0. The Kier molecular flexibility index (Phi) is 6.21. The van der Waals surface area contributed by atoms with E-state index in [1.807, 2.05) is 12.3 Å². The smallest absolute Gasteiger partial charge is 0.133 e. The first kappa shape index (κ1) is 16.9. The molecule has 4 nitrogen and oxygen atoms in total. The van der Waals surface area contributed by atoms with Gasteiger partial charge in [-0.1, -0.05) is 43.3 Å². The molecule has 0 amide bonds. The normalized spacial score (nSPS) is 16.1. The van der Waals surface area contributed by atoms with Crippen LogP contribution in [0.2, 0.25) is 0 Å². The second-order valence-electron chi connectivity index (χ2n) is 6.36. The second-order valence-corrected chi connectivity index (χ2v) is 6.36. The molecular weight excluding hydrogens is 298 g/mol. The first-order valence-electron chi connectivity index (χ1n) is 8.87. The van der Waals surface area contributed by atoms with Gasteiger partial charge >= 0.3 is 0 Å². The molecule has 0 saturated carbocycles. The lowest BCUT2D eigenvalue weighted by Gasteiger charge is -2.29. The molecule has 0 spiro atoms. The van der Waals surface area contributed by atoms with E-state index in [0.29, 0.717) is 5.92 Å². The number of nitrogens with zero attached hydrogens (tertiary/aromatic N) is 2. The minimum Gasteiger partial charge on any atom is -0.378 e. The van der Waals surface area contributed by atoms with Crippen LogP contribution in [0.3, 0.4) is 0 Å². The van der Waals surface area contributed by atoms with E-state index in [2.05, 4.69) is 58.5 Å². The van der Waals surface area contributed by atoms with Crippen LogP contribution >= 0.6 is 0 Å². The Bertz CT molecular complexity index is 611. The lowest BCUT2D eigenvalue weighted by atomic mass is 9.98. The number of nitrogens with one attached hydrogen (secondary N) is 1. The molecule has 0 radical (unpaired) electrons. The van der Waals surface area contributed by atoms with Gasteiger partial charge in [0.25, 0.3) is 0 Å². The van der Waals surface area contributed by atoms with E-state index in [0.717, 1.165) is 51.6 Å². The Hall–Kier alpha value is -1.91. The molecule has 2 aromatic rings. The van der Waals surface area contributed by atoms with Gasteiger partial charge < -0.3 is 15.0 Å². The third-order valence-corrected chi connectivity index (χ3v) is 4.62. The van der Waals surface area contributed by atoms with Crippen molar-refractivity contribution >= 4 is 5.82 Å². The van der Waals surface area contributed by atoms with Crippen LogP contribution in [0.5, 0.6) is 0 Å². The molecule has 1 unspecified atom stereocenters. The Balaban J connectivity index is 1.50. The van der Waals surface area contributed by atoms with Gasteiger partial charge in [0.15, 0.2) is 0 Å². The maximum atomic E-state index is 5.44. The zero-order valence-corrected chi connectivity index (χ0v) is 14.4. The number of rotatable bonds is 7. The molecule has 1 aliphatic heterocycles. The number of ether oxygens (including phenoxy) is 1. The van der Waals surface area contributed by atoms with Crippen LogP contribution in [0, 0.1) is 0 Å². The second kappa shape index (κ2) is 8.81. The van der Waals surface area contributed by atoms with Gasteiger partial charge in [-0.3, -0.25) is 0 Å². The van der Waals surface area contributed by atoms with E-state index >= 15 is 0 Å². The van der Waals surface area contributed by atoms with E-state index in [4.69, 9.17) is 4.74 Å². The van der Waals surface area contributed by atoms with Crippen molar-refractivity contribution in [3.05, 3.63) is 59.8 Å².